The molecule has 2 bridgehead atoms. The molecule has 1 fully saturated rings. The van der Waals surface area contributed by atoms with E-state index in [9.17, 15) is 31.1 Å². The van der Waals surface area contributed by atoms with Crippen LogP contribution in [-0.2, 0) is 17.4 Å². The Bertz CT molecular complexity index is 974. The summed E-state index contributed by atoms with van der Waals surface area (Å²) >= 11 is 0. The summed E-state index contributed by atoms with van der Waals surface area (Å²) in [5.74, 6) is -4.97. The Morgan fingerprint density at radius 1 is 1.17 bits per heavy atom. The number of likely N-dealkylation sites (tertiary alicyclic amines) is 1. The van der Waals surface area contributed by atoms with Gasteiger partial charge in [-0.25, -0.2) is 13.2 Å². The molecule has 0 spiro atoms. The van der Waals surface area contributed by atoms with Crippen LogP contribution in [0.25, 0.3) is 0 Å². The summed E-state index contributed by atoms with van der Waals surface area (Å²) in [6.45, 7) is 0.0594. The van der Waals surface area contributed by atoms with Gasteiger partial charge in [-0.3, -0.25) is 4.79 Å². The van der Waals surface area contributed by atoms with Gasteiger partial charge in [0, 0.05) is 25.1 Å². The number of amides is 1. The van der Waals surface area contributed by atoms with Gasteiger partial charge in [-0.1, -0.05) is 0 Å². The minimum Gasteiger partial charge on any atom is -0.330 e. The molecular weight excluding hydrogens is 404 g/mol. The van der Waals surface area contributed by atoms with Crippen molar-refractivity contribution in [2.45, 2.75) is 43.6 Å². The van der Waals surface area contributed by atoms with Crippen LogP contribution in [-0.4, -0.2) is 38.2 Å². The highest BCUT2D eigenvalue weighted by molar-refractivity contribution is 5.78. The van der Waals surface area contributed by atoms with E-state index in [0.717, 1.165) is 4.57 Å². The SMILES string of the molecule is NC(CC(=O)N1CC2CC1c1nnc(C(F)(F)F)n12)Cc1cc(F)c(F)cc1F. The standard InChI is InChI=1S/C17H15F6N5O/c18-10-5-12(20)11(19)2-7(10)1-8(24)3-14(29)27-6-9-4-13(27)15-25-26-16(28(9)15)17(21,22)23/h2,5,8-9,13H,1,3-4,6,24H2. The molecule has 4 rings (SSSR count). The second kappa shape index (κ2) is 6.71. The summed E-state index contributed by atoms with van der Waals surface area (Å²) in [7, 11) is 0. The van der Waals surface area contributed by atoms with Gasteiger partial charge in [-0.2, -0.15) is 13.2 Å². The average molecular weight is 419 g/mol. The molecule has 1 aromatic carbocycles. The number of carbonyl (C=O) groups excluding carboxylic acids is 1. The molecular formula is C17H15F6N5O. The van der Waals surface area contributed by atoms with E-state index in [0.29, 0.717) is 18.6 Å². The maximum atomic E-state index is 13.7. The lowest BCUT2D eigenvalue weighted by Crippen LogP contribution is -2.40. The van der Waals surface area contributed by atoms with E-state index in [1.807, 2.05) is 0 Å². The van der Waals surface area contributed by atoms with Crippen molar-refractivity contribution in [2.24, 2.45) is 5.73 Å². The van der Waals surface area contributed by atoms with Gasteiger partial charge in [-0.15, -0.1) is 10.2 Å². The molecule has 2 aliphatic heterocycles. The lowest BCUT2D eigenvalue weighted by atomic mass is 10.0. The highest BCUT2D eigenvalue weighted by Crippen LogP contribution is 2.47. The normalized spacial score (nSPS) is 21.6. The first-order chi connectivity index (χ1) is 13.6. The van der Waals surface area contributed by atoms with Crippen LogP contribution < -0.4 is 5.73 Å². The van der Waals surface area contributed by atoms with Crippen LogP contribution >= 0.6 is 0 Å². The predicted molar refractivity (Wildman–Crippen MR) is 85.7 cm³/mol. The van der Waals surface area contributed by atoms with Crippen molar-refractivity contribution >= 4 is 5.91 Å². The van der Waals surface area contributed by atoms with E-state index >= 15 is 0 Å². The zero-order chi connectivity index (χ0) is 21.1. The molecule has 3 unspecified atom stereocenters. The van der Waals surface area contributed by atoms with Gasteiger partial charge in [0.1, 0.15) is 5.82 Å². The van der Waals surface area contributed by atoms with Crippen LogP contribution in [0.4, 0.5) is 26.3 Å². The van der Waals surface area contributed by atoms with Gasteiger partial charge < -0.3 is 15.2 Å². The molecule has 156 valence electrons. The van der Waals surface area contributed by atoms with Crippen LogP contribution in [0.15, 0.2) is 12.1 Å². The van der Waals surface area contributed by atoms with Crippen molar-refractivity contribution in [1.82, 2.24) is 19.7 Å². The van der Waals surface area contributed by atoms with Crippen molar-refractivity contribution in [3.63, 3.8) is 0 Å². The summed E-state index contributed by atoms with van der Waals surface area (Å²) in [6, 6.07) is -1.00. The largest absolute Gasteiger partial charge is 0.451 e. The first kappa shape index (κ1) is 19.7. The zero-order valence-electron chi connectivity index (χ0n) is 14.8. The number of nitrogens with zero attached hydrogens (tertiary/aromatic N) is 4. The third-order valence-corrected chi connectivity index (χ3v) is 5.25. The van der Waals surface area contributed by atoms with Crippen LogP contribution in [0, 0.1) is 17.5 Å². The van der Waals surface area contributed by atoms with E-state index < -0.39 is 53.5 Å². The smallest absolute Gasteiger partial charge is 0.330 e. The number of rotatable bonds is 4. The topological polar surface area (TPSA) is 77.0 Å². The van der Waals surface area contributed by atoms with Crippen LogP contribution in [0.5, 0.6) is 0 Å². The Labute approximate surface area is 160 Å². The first-order valence-electron chi connectivity index (χ1n) is 8.76. The number of alkyl halides is 3. The summed E-state index contributed by atoms with van der Waals surface area (Å²) in [5, 5.41) is 6.80. The molecule has 1 aromatic heterocycles. The maximum absolute atomic E-state index is 13.7. The molecule has 3 heterocycles. The van der Waals surface area contributed by atoms with Gasteiger partial charge in [-0.05, 0) is 24.5 Å². The molecule has 2 N–H and O–H groups in total. The monoisotopic (exact) mass is 419 g/mol. The van der Waals surface area contributed by atoms with Crippen LogP contribution in [0.3, 0.4) is 0 Å². The molecule has 6 nitrogen and oxygen atoms in total. The fraction of sp³-hybridized carbons (Fsp3) is 0.471. The second-order valence-corrected chi connectivity index (χ2v) is 7.23. The van der Waals surface area contributed by atoms with Gasteiger partial charge in [0.15, 0.2) is 17.5 Å². The summed E-state index contributed by atoms with van der Waals surface area (Å²) in [6.07, 6.45) is -4.78. The molecule has 2 aliphatic rings. The number of benzene rings is 1. The van der Waals surface area contributed by atoms with Gasteiger partial charge in [0.05, 0.1) is 12.1 Å². The van der Waals surface area contributed by atoms with E-state index in [1.54, 1.807) is 0 Å². The van der Waals surface area contributed by atoms with Crippen molar-refractivity contribution in [2.75, 3.05) is 6.54 Å². The van der Waals surface area contributed by atoms with E-state index in [-0.39, 0.29) is 30.8 Å². The summed E-state index contributed by atoms with van der Waals surface area (Å²) in [5.41, 5.74) is 5.71. The van der Waals surface area contributed by atoms with Crippen molar-refractivity contribution in [3.8, 4) is 0 Å². The Kier molecular flexibility index (Phi) is 4.56. The lowest BCUT2D eigenvalue weighted by molar-refractivity contribution is -0.148. The van der Waals surface area contributed by atoms with E-state index in [4.69, 9.17) is 5.73 Å². The molecule has 0 aliphatic carbocycles. The van der Waals surface area contributed by atoms with Crippen molar-refractivity contribution in [1.29, 1.82) is 0 Å². The highest BCUT2D eigenvalue weighted by atomic mass is 19.4. The maximum Gasteiger partial charge on any atom is 0.451 e. The van der Waals surface area contributed by atoms with E-state index in [1.165, 1.54) is 4.90 Å². The fourth-order valence-corrected chi connectivity index (χ4v) is 4.02. The Morgan fingerprint density at radius 3 is 2.55 bits per heavy atom. The lowest BCUT2D eigenvalue weighted by Gasteiger charge is -2.28. The van der Waals surface area contributed by atoms with Gasteiger partial charge >= 0.3 is 6.18 Å². The molecule has 1 amide bonds. The second-order valence-electron chi connectivity index (χ2n) is 7.23. The van der Waals surface area contributed by atoms with Gasteiger partial charge in [0.2, 0.25) is 11.7 Å². The van der Waals surface area contributed by atoms with Crippen molar-refractivity contribution in [3.05, 3.63) is 46.8 Å². The number of aromatic nitrogens is 3. The van der Waals surface area contributed by atoms with Crippen LogP contribution in [0.2, 0.25) is 0 Å². The zero-order valence-corrected chi connectivity index (χ0v) is 14.8. The summed E-state index contributed by atoms with van der Waals surface area (Å²) < 4.78 is 80.1. The highest BCUT2D eigenvalue weighted by Gasteiger charge is 2.51. The van der Waals surface area contributed by atoms with Crippen molar-refractivity contribution < 1.29 is 31.1 Å². The quantitative estimate of drug-likeness (QED) is 0.610. The molecule has 29 heavy (non-hydrogen) atoms. The number of halogens is 6. The minimum atomic E-state index is -4.64. The van der Waals surface area contributed by atoms with Gasteiger partial charge in [0.25, 0.3) is 0 Å². The first-order valence-corrected chi connectivity index (χ1v) is 8.76. The Hall–Kier alpha value is -2.63. The molecule has 2 aromatic rings. The molecule has 1 saturated heterocycles. The number of fused-ring (bicyclic) bond motifs is 5. The third kappa shape index (κ3) is 3.34. The number of hydrogen-bond acceptors (Lipinski definition) is 4. The number of hydrogen-bond donors (Lipinski definition) is 1. The van der Waals surface area contributed by atoms with Crippen LogP contribution in [0.1, 0.15) is 42.1 Å². The Morgan fingerprint density at radius 2 is 1.86 bits per heavy atom. The fourth-order valence-electron chi connectivity index (χ4n) is 4.02. The summed E-state index contributed by atoms with van der Waals surface area (Å²) in [4.78, 5) is 14.0. The Balaban J connectivity index is 1.44. The third-order valence-electron chi connectivity index (χ3n) is 5.25. The minimum absolute atomic E-state index is 0.0594. The molecule has 12 heteroatoms. The molecule has 0 radical (unpaired) electrons. The number of nitrogens with two attached hydrogens (primary N) is 1. The molecule has 0 saturated carbocycles. The average Bonchev–Trinajstić information content (AvgIpc) is 3.30. The predicted octanol–water partition coefficient (Wildman–Crippen LogP) is 2.50. The molecule has 3 atom stereocenters. The number of carbonyl (C=O) groups is 1. The van der Waals surface area contributed by atoms with E-state index in [2.05, 4.69) is 10.2 Å².